The summed E-state index contributed by atoms with van der Waals surface area (Å²) in [6.45, 7) is 2.09. The van der Waals surface area contributed by atoms with Crippen molar-refractivity contribution in [2.24, 2.45) is 0 Å². The van der Waals surface area contributed by atoms with Crippen molar-refractivity contribution in [1.82, 2.24) is 4.98 Å². The molecule has 0 radical (unpaired) electrons. The molecule has 3 rings (SSSR count). The van der Waals surface area contributed by atoms with E-state index in [4.69, 9.17) is 0 Å². The molecule has 1 saturated carbocycles. The Bertz CT molecular complexity index is 680. The zero-order chi connectivity index (χ0) is 15.4. The molecule has 3 heteroatoms. The third kappa shape index (κ3) is 3.51. The van der Waals surface area contributed by atoms with E-state index in [9.17, 15) is 5.26 Å². The molecular formula is C19H20N2S. The summed E-state index contributed by atoms with van der Waals surface area (Å²) in [6, 6.07) is 12.8. The quantitative estimate of drug-likeness (QED) is 0.766. The molecule has 0 amide bonds. The van der Waals surface area contributed by atoms with Gasteiger partial charge in [0.1, 0.15) is 6.07 Å². The zero-order valence-electron chi connectivity index (χ0n) is 12.9. The lowest BCUT2D eigenvalue weighted by atomic mass is 10.0. The lowest BCUT2D eigenvalue weighted by Crippen LogP contribution is -2.08. The molecule has 1 aromatic heterocycles. The number of aryl methyl sites for hydroxylation is 1. The van der Waals surface area contributed by atoms with Crippen LogP contribution >= 0.6 is 11.8 Å². The number of aromatic nitrogens is 1. The first-order valence-corrected chi connectivity index (χ1v) is 8.78. The van der Waals surface area contributed by atoms with E-state index >= 15 is 0 Å². The molecule has 0 atom stereocenters. The van der Waals surface area contributed by atoms with Gasteiger partial charge in [0.05, 0.1) is 0 Å². The maximum atomic E-state index is 9.32. The van der Waals surface area contributed by atoms with Crippen molar-refractivity contribution >= 4 is 11.8 Å². The van der Waals surface area contributed by atoms with Crippen LogP contribution in [0, 0.1) is 18.3 Å². The third-order valence-corrected chi connectivity index (χ3v) is 5.56. The highest BCUT2D eigenvalue weighted by Crippen LogP contribution is 2.36. The van der Waals surface area contributed by atoms with Crippen LogP contribution < -0.4 is 0 Å². The summed E-state index contributed by atoms with van der Waals surface area (Å²) in [5, 5.41) is 9.96. The van der Waals surface area contributed by atoms with E-state index in [1.165, 1.54) is 37.7 Å². The topological polar surface area (TPSA) is 36.7 Å². The Morgan fingerprint density at radius 1 is 1.09 bits per heavy atom. The Morgan fingerprint density at radius 3 is 2.50 bits per heavy atom. The molecule has 112 valence electrons. The predicted octanol–water partition coefficient (Wildman–Crippen LogP) is 5.35. The molecule has 0 unspecified atom stereocenters. The molecule has 0 aliphatic heterocycles. The van der Waals surface area contributed by atoms with Crippen LogP contribution in [0.5, 0.6) is 0 Å². The average molecular weight is 308 g/mol. The highest BCUT2D eigenvalue weighted by atomic mass is 32.2. The standard InChI is InChI=1S/C19H20N2S/c1-14-7-9-15(10-8-14)16-11-19(18(12-20)21-13-16)22-17-5-3-2-4-6-17/h7-11,13,17H,2-6H2,1H3. The van der Waals surface area contributed by atoms with Crippen LogP contribution in [0.1, 0.15) is 43.4 Å². The van der Waals surface area contributed by atoms with Gasteiger partial charge in [-0.1, -0.05) is 49.1 Å². The largest absolute Gasteiger partial charge is 0.244 e. The van der Waals surface area contributed by atoms with Crippen LogP contribution in [0.2, 0.25) is 0 Å². The van der Waals surface area contributed by atoms with Gasteiger partial charge >= 0.3 is 0 Å². The number of hydrogen-bond donors (Lipinski definition) is 0. The number of hydrogen-bond acceptors (Lipinski definition) is 3. The summed E-state index contributed by atoms with van der Waals surface area (Å²) in [5.74, 6) is 0. The molecule has 1 heterocycles. The fraction of sp³-hybridized carbons (Fsp3) is 0.368. The number of nitrogens with zero attached hydrogens (tertiary/aromatic N) is 2. The van der Waals surface area contributed by atoms with Crippen LogP contribution in [-0.2, 0) is 0 Å². The minimum Gasteiger partial charge on any atom is -0.244 e. The number of nitriles is 1. The molecule has 1 aromatic carbocycles. The summed E-state index contributed by atoms with van der Waals surface area (Å²) < 4.78 is 0. The lowest BCUT2D eigenvalue weighted by Gasteiger charge is -2.21. The van der Waals surface area contributed by atoms with Gasteiger partial charge in [-0.15, -0.1) is 11.8 Å². The van der Waals surface area contributed by atoms with Crippen molar-refractivity contribution in [3.8, 4) is 17.2 Å². The Balaban J connectivity index is 1.88. The van der Waals surface area contributed by atoms with Gasteiger partial charge < -0.3 is 0 Å². The monoisotopic (exact) mass is 308 g/mol. The molecule has 1 fully saturated rings. The third-order valence-electron chi connectivity index (χ3n) is 4.19. The number of rotatable bonds is 3. The predicted molar refractivity (Wildman–Crippen MR) is 91.9 cm³/mol. The van der Waals surface area contributed by atoms with Crippen molar-refractivity contribution in [3.05, 3.63) is 47.8 Å². The van der Waals surface area contributed by atoms with Crippen molar-refractivity contribution in [3.63, 3.8) is 0 Å². The van der Waals surface area contributed by atoms with E-state index in [0.717, 1.165) is 16.0 Å². The fourth-order valence-corrected chi connectivity index (χ4v) is 4.22. The maximum absolute atomic E-state index is 9.32. The van der Waals surface area contributed by atoms with Crippen LogP contribution in [0.3, 0.4) is 0 Å². The molecule has 0 N–H and O–H groups in total. The van der Waals surface area contributed by atoms with Gasteiger partial charge in [0, 0.05) is 21.9 Å². The summed E-state index contributed by atoms with van der Waals surface area (Å²) in [6.07, 6.45) is 8.29. The molecule has 1 aliphatic carbocycles. The number of benzene rings is 1. The first-order valence-electron chi connectivity index (χ1n) is 7.90. The minimum atomic E-state index is 0.562. The van der Waals surface area contributed by atoms with Crippen LogP contribution in [0.4, 0.5) is 0 Å². The van der Waals surface area contributed by atoms with Gasteiger partial charge in [-0.3, -0.25) is 0 Å². The zero-order valence-corrected chi connectivity index (χ0v) is 13.7. The summed E-state index contributed by atoms with van der Waals surface area (Å²) >= 11 is 1.84. The second kappa shape index (κ2) is 6.98. The molecule has 0 saturated heterocycles. The fourth-order valence-electron chi connectivity index (χ4n) is 2.88. The molecule has 0 spiro atoms. The lowest BCUT2D eigenvalue weighted by molar-refractivity contribution is 0.516. The van der Waals surface area contributed by atoms with Gasteiger partial charge in [0.2, 0.25) is 0 Å². The highest BCUT2D eigenvalue weighted by Gasteiger charge is 2.17. The van der Waals surface area contributed by atoms with Gasteiger partial charge in [-0.25, -0.2) is 4.98 Å². The Labute approximate surface area is 136 Å². The summed E-state index contributed by atoms with van der Waals surface area (Å²) in [7, 11) is 0. The summed E-state index contributed by atoms with van der Waals surface area (Å²) in [4.78, 5) is 5.41. The number of pyridine rings is 1. The number of thioether (sulfide) groups is 1. The first-order chi connectivity index (χ1) is 10.8. The molecule has 2 aromatic rings. The van der Waals surface area contributed by atoms with Crippen molar-refractivity contribution in [2.75, 3.05) is 0 Å². The Kier molecular flexibility index (Phi) is 4.80. The van der Waals surface area contributed by atoms with Gasteiger partial charge in [0.15, 0.2) is 5.69 Å². The van der Waals surface area contributed by atoms with Gasteiger partial charge in [-0.2, -0.15) is 5.26 Å². The Hall–Kier alpha value is -1.79. The van der Waals surface area contributed by atoms with Crippen LogP contribution in [0.15, 0.2) is 41.4 Å². The molecule has 2 nitrogen and oxygen atoms in total. The van der Waals surface area contributed by atoms with Crippen molar-refractivity contribution < 1.29 is 0 Å². The second-order valence-corrected chi connectivity index (χ2v) is 7.27. The SMILES string of the molecule is Cc1ccc(-c2cnc(C#N)c(SC3CCCCC3)c2)cc1. The Morgan fingerprint density at radius 2 is 1.82 bits per heavy atom. The van der Waals surface area contributed by atoms with Gasteiger partial charge in [0.25, 0.3) is 0 Å². The normalized spacial score (nSPS) is 15.5. The van der Waals surface area contributed by atoms with E-state index in [1.807, 2.05) is 18.0 Å². The second-order valence-electron chi connectivity index (χ2n) is 5.93. The summed E-state index contributed by atoms with van der Waals surface area (Å²) in [5.41, 5.74) is 4.07. The minimum absolute atomic E-state index is 0.562. The molecule has 1 aliphatic rings. The smallest absolute Gasteiger partial charge is 0.154 e. The van der Waals surface area contributed by atoms with Crippen molar-refractivity contribution in [2.45, 2.75) is 49.2 Å². The van der Waals surface area contributed by atoms with Crippen LogP contribution in [-0.4, -0.2) is 10.2 Å². The maximum Gasteiger partial charge on any atom is 0.154 e. The van der Waals surface area contributed by atoms with Gasteiger partial charge in [-0.05, 0) is 31.4 Å². The van der Waals surface area contributed by atoms with E-state index in [2.05, 4.69) is 48.3 Å². The molecule has 0 bridgehead atoms. The van der Waals surface area contributed by atoms with E-state index in [1.54, 1.807) is 0 Å². The van der Waals surface area contributed by atoms with E-state index in [0.29, 0.717) is 10.9 Å². The van der Waals surface area contributed by atoms with Crippen molar-refractivity contribution in [1.29, 1.82) is 5.26 Å². The molecular weight excluding hydrogens is 288 g/mol. The molecule has 22 heavy (non-hydrogen) atoms. The highest BCUT2D eigenvalue weighted by molar-refractivity contribution is 8.00. The van der Waals surface area contributed by atoms with E-state index in [-0.39, 0.29) is 0 Å². The first kappa shape index (κ1) is 15.1. The van der Waals surface area contributed by atoms with Crippen LogP contribution in [0.25, 0.3) is 11.1 Å². The van der Waals surface area contributed by atoms with E-state index < -0.39 is 0 Å². The average Bonchev–Trinajstić information content (AvgIpc) is 2.56.